The molecule has 1 unspecified atom stereocenters. The summed E-state index contributed by atoms with van der Waals surface area (Å²) in [6.45, 7) is 5.60. The summed E-state index contributed by atoms with van der Waals surface area (Å²) in [5.74, 6) is -0.226. The number of aromatic nitrogens is 2. The van der Waals surface area contributed by atoms with Crippen LogP contribution in [0, 0.1) is 5.82 Å². The molecule has 0 saturated carbocycles. The first kappa shape index (κ1) is 23.2. The molecule has 11 heteroatoms. The van der Waals surface area contributed by atoms with E-state index in [9.17, 15) is 14.0 Å². The summed E-state index contributed by atoms with van der Waals surface area (Å²) in [7, 11) is 0. The van der Waals surface area contributed by atoms with Crippen molar-refractivity contribution in [1.82, 2.24) is 20.3 Å². The summed E-state index contributed by atoms with van der Waals surface area (Å²) in [5.41, 5.74) is 2.64. The maximum atomic E-state index is 13.5. The number of piperazine rings is 1. The number of thioether (sulfide) groups is 1. The monoisotopic (exact) mass is 467 g/mol. The van der Waals surface area contributed by atoms with Gasteiger partial charge in [-0.1, -0.05) is 29.4 Å². The third-order valence-corrected chi connectivity index (χ3v) is 5.65. The molecule has 2 aromatic rings. The molecule has 0 spiro atoms. The van der Waals surface area contributed by atoms with Gasteiger partial charge < -0.3 is 9.80 Å². The first-order valence-corrected chi connectivity index (χ1v) is 11.1. The van der Waals surface area contributed by atoms with E-state index < -0.39 is 5.82 Å². The molecule has 0 radical (unpaired) electrons. The first-order valence-electron chi connectivity index (χ1n) is 9.77. The molecule has 1 aliphatic rings. The van der Waals surface area contributed by atoms with Crippen molar-refractivity contribution in [3.05, 3.63) is 46.9 Å². The third kappa shape index (κ3) is 6.28. The lowest BCUT2D eigenvalue weighted by molar-refractivity contribution is -0.130. The Balaban J connectivity index is 1.64. The number of benzene rings is 1. The smallest absolute Gasteiger partial charge is 0.254 e. The van der Waals surface area contributed by atoms with Gasteiger partial charge in [0.05, 0.1) is 12.4 Å². The van der Waals surface area contributed by atoms with Crippen molar-refractivity contribution in [2.45, 2.75) is 25.0 Å². The summed E-state index contributed by atoms with van der Waals surface area (Å²) < 4.78 is 13.5. The van der Waals surface area contributed by atoms with Crippen molar-refractivity contribution in [2.24, 2.45) is 0 Å². The third-order valence-electron chi connectivity index (χ3n) is 4.61. The number of amides is 2. The molecular weight excluding hydrogens is 445 g/mol. The van der Waals surface area contributed by atoms with Gasteiger partial charge in [-0.05, 0) is 32.0 Å². The van der Waals surface area contributed by atoms with Gasteiger partial charge in [-0.2, -0.15) is 0 Å². The van der Waals surface area contributed by atoms with Crippen LogP contribution < -0.4 is 10.4 Å². The van der Waals surface area contributed by atoms with Gasteiger partial charge in [0.2, 0.25) is 0 Å². The second-order valence-electron chi connectivity index (χ2n) is 6.88. The molecule has 8 nitrogen and oxygen atoms in total. The SMILES string of the molecule is CCONC(=O)CSc1nc(Cl)cc(N2CCN(C(=O)c3cccc(F)c3)C(C)C2)n1. The van der Waals surface area contributed by atoms with E-state index in [4.69, 9.17) is 16.4 Å². The average molecular weight is 468 g/mol. The molecule has 1 N–H and O–H groups in total. The van der Waals surface area contributed by atoms with Gasteiger partial charge in [-0.3, -0.25) is 14.4 Å². The molecule has 0 aliphatic carbocycles. The molecule has 1 atom stereocenters. The van der Waals surface area contributed by atoms with E-state index in [2.05, 4.69) is 15.4 Å². The zero-order valence-electron chi connectivity index (χ0n) is 17.2. The van der Waals surface area contributed by atoms with Crippen molar-refractivity contribution in [3.8, 4) is 0 Å². The molecule has 0 bridgehead atoms. The average Bonchev–Trinajstić information content (AvgIpc) is 2.75. The molecular formula is C20H23ClFN5O3S. The Hall–Kier alpha value is -2.43. The minimum atomic E-state index is -0.437. The van der Waals surface area contributed by atoms with Gasteiger partial charge in [-0.25, -0.2) is 19.8 Å². The van der Waals surface area contributed by atoms with Crippen LogP contribution in [0.2, 0.25) is 5.15 Å². The molecule has 31 heavy (non-hydrogen) atoms. The highest BCUT2D eigenvalue weighted by atomic mass is 35.5. The quantitative estimate of drug-likeness (QED) is 0.290. The van der Waals surface area contributed by atoms with E-state index in [1.807, 2.05) is 11.8 Å². The minimum absolute atomic E-state index is 0.0894. The normalized spacial score (nSPS) is 16.3. The van der Waals surface area contributed by atoms with E-state index in [-0.39, 0.29) is 28.8 Å². The highest BCUT2D eigenvalue weighted by Crippen LogP contribution is 2.24. The van der Waals surface area contributed by atoms with Crippen LogP contribution in [0.15, 0.2) is 35.5 Å². The lowest BCUT2D eigenvalue weighted by atomic mass is 10.1. The lowest BCUT2D eigenvalue weighted by Crippen LogP contribution is -2.54. The van der Waals surface area contributed by atoms with Gasteiger partial charge >= 0.3 is 0 Å². The molecule has 1 aromatic heterocycles. The van der Waals surface area contributed by atoms with Crippen LogP contribution >= 0.6 is 23.4 Å². The number of hydrogen-bond donors (Lipinski definition) is 1. The molecule has 2 heterocycles. The number of carbonyl (C=O) groups is 2. The van der Waals surface area contributed by atoms with Crippen LogP contribution in [0.5, 0.6) is 0 Å². The largest absolute Gasteiger partial charge is 0.353 e. The standard InChI is InChI=1S/C20H23ClFN5O3S/c1-3-30-25-18(28)12-31-20-23-16(21)10-17(24-20)26-7-8-27(13(2)11-26)19(29)14-5-4-6-15(22)9-14/h4-6,9-10,13H,3,7-8,11-12H2,1-2H3,(H,25,28). The number of nitrogens with zero attached hydrogens (tertiary/aromatic N) is 4. The predicted molar refractivity (Wildman–Crippen MR) is 117 cm³/mol. The molecule has 3 rings (SSSR count). The second-order valence-corrected chi connectivity index (χ2v) is 8.21. The zero-order chi connectivity index (χ0) is 22.4. The van der Waals surface area contributed by atoms with Gasteiger partial charge in [0.1, 0.15) is 16.8 Å². The van der Waals surface area contributed by atoms with E-state index in [1.54, 1.807) is 24.0 Å². The van der Waals surface area contributed by atoms with Crippen LogP contribution in [-0.4, -0.2) is 64.7 Å². The Kier molecular flexibility index (Phi) is 8.05. The van der Waals surface area contributed by atoms with E-state index in [1.165, 1.54) is 18.2 Å². The Labute approximate surface area is 189 Å². The van der Waals surface area contributed by atoms with E-state index in [0.29, 0.717) is 42.8 Å². The number of carbonyl (C=O) groups excluding carboxylic acids is 2. The van der Waals surface area contributed by atoms with Crippen LogP contribution in [-0.2, 0) is 9.63 Å². The van der Waals surface area contributed by atoms with Gasteiger partial charge in [0, 0.05) is 37.3 Å². The maximum Gasteiger partial charge on any atom is 0.254 e. The fourth-order valence-corrected chi connectivity index (χ4v) is 4.05. The molecule has 1 aliphatic heterocycles. The Morgan fingerprint density at radius 3 is 2.84 bits per heavy atom. The van der Waals surface area contributed by atoms with Crippen molar-refractivity contribution < 1.29 is 18.8 Å². The summed E-state index contributed by atoms with van der Waals surface area (Å²) in [4.78, 5) is 41.8. The molecule has 1 aromatic carbocycles. The van der Waals surface area contributed by atoms with Crippen molar-refractivity contribution in [1.29, 1.82) is 0 Å². The zero-order valence-corrected chi connectivity index (χ0v) is 18.7. The summed E-state index contributed by atoms with van der Waals surface area (Å²) in [5, 5.41) is 0.642. The number of halogens is 2. The summed E-state index contributed by atoms with van der Waals surface area (Å²) >= 11 is 7.31. The van der Waals surface area contributed by atoms with Crippen molar-refractivity contribution >= 4 is 41.0 Å². The molecule has 2 amide bonds. The Morgan fingerprint density at radius 1 is 1.32 bits per heavy atom. The van der Waals surface area contributed by atoms with Crippen LogP contribution in [0.25, 0.3) is 0 Å². The number of hydroxylamine groups is 1. The summed E-state index contributed by atoms with van der Waals surface area (Å²) in [6.07, 6.45) is 0. The first-order chi connectivity index (χ1) is 14.9. The summed E-state index contributed by atoms with van der Waals surface area (Å²) in [6, 6.07) is 7.23. The predicted octanol–water partition coefficient (Wildman–Crippen LogP) is 2.78. The van der Waals surface area contributed by atoms with Crippen molar-refractivity contribution in [3.63, 3.8) is 0 Å². The Morgan fingerprint density at radius 2 is 2.13 bits per heavy atom. The molecule has 166 valence electrons. The minimum Gasteiger partial charge on any atom is -0.353 e. The molecule has 1 fully saturated rings. The Bertz CT molecular complexity index is 951. The van der Waals surface area contributed by atoms with E-state index >= 15 is 0 Å². The van der Waals surface area contributed by atoms with Gasteiger partial charge in [0.25, 0.3) is 11.8 Å². The highest BCUT2D eigenvalue weighted by Gasteiger charge is 2.29. The van der Waals surface area contributed by atoms with Crippen LogP contribution in [0.3, 0.4) is 0 Å². The fraction of sp³-hybridized carbons (Fsp3) is 0.400. The number of rotatable bonds is 7. The highest BCUT2D eigenvalue weighted by molar-refractivity contribution is 7.99. The molecule has 1 saturated heterocycles. The van der Waals surface area contributed by atoms with Gasteiger partial charge in [-0.15, -0.1) is 0 Å². The number of nitrogens with one attached hydrogen (secondary N) is 1. The van der Waals surface area contributed by atoms with Gasteiger partial charge in [0.15, 0.2) is 5.16 Å². The topological polar surface area (TPSA) is 87.7 Å². The maximum absolute atomic E-state index is 13.5. The van der Waals surface area contributed by atoms with Crippen LogP contribution in [0.1, 0.15) is 24.2 Å². The fourth-order valence-electron chi connectivity index (χ4n) is 3.18. The number of anilines is 1. The van der Waals surface area contributed by atoms with E-state index in [0.717, 1.165) is 11.8 Å². The van der Waals surface area contributed by atoms with Crippen molar-refractivity contribution in [2.75, 3.05) is 36.9 Å². The second kappa shape index (κ2) is 10.7. The van der Waals surface area contributed by atoms with Crippen LogP contribution in [0.4, 0.5) is 10.2 Å². The lowest BCUT2D eigenvalue weighted by Gasteiger charge is -2.40. The number of hydrogen-bond acceptors (Lipinski definition) is 7.